The van der Waals surface area contributed by atoms with Crippen LogP contribution in [0.5, 0.6) is 0 Å². The molecule has 0 saturated carbocycles. The summed E-state index contributed by atoms with van der Waals surface area (Å²) in [5.41, 5.74) is 0.307. The molecule has 0 aromatic heterocycles. The normalized spacial score (nSPS) is 15.1. The molecule has 1 aliphatic rings. The van der Waals surface area contributed by atoms with Crippen LogP contribution in [0, 0.1) is 0 Å². The van der Waals surface area contributed by atoms with Gasteiger partial charge in [0, 0.05) is 38.7 Å². The molecule has 0 spiro atoms. The van der Waals surface area contributed by atoms with Crippen LogP contribution in [0.3, 0.4) is 0 Å². The van der Waals surface area contributed by atoms with Gasteiger partial charge in [-0.3, -0.25) is 9.59 Å². The minimum absolute atomic E-state index is 0.00366. The Morgan fingerprint density at radius 1 is 1.00 bits per heavy atom. The molecule has 6 nitrogen and oxygen atoms in total. The Kier molecular flexibility index (Phi) is 4.02. The predicted molar refractivity (Wildman–Crippen MR) is 68.9 cm³/mol. The number of carboxylic acid groups (broad SMARTS) is 1. The first-order valence-corrected chi connectivity index (χ1v) is 6.35. The van der Waals surface area contributed by atoms with Crippen LogP contribution in [-0.4, -0.2) is 53.8 Å². The quantitative estimate of drug-likeness (QED) is 0.718. The molecule has 0 N–H and O–H groups in total. The number of hydrogen-bond acceptors (Lipinski definition) is 4. The summed E-state index contributed by atoms with van der Waals surface area (Å²) >= 11 is 0. The Labute approximate surface area is 116 Å². The summed E-state index contributed by atoms with van der Waals surface area (Å²) in [5, 5.41) is 10.8. The van der Waals surface area contributed by atoms with E-state index in [9.17, 15) is 19.5 Å². The van der Waals surface area contributed by atoms with Crippen molar-refractivity contribution < 1.29 is 19.5 Å². The average Bonchev–Trinajstić information content (AvgIpc) is 2.46. The molecular formula is C14H15N2O4-. The van der Waals surface area contributed by atoms with E-state index in [1.54, 1.807) is 15.9 Å². The van der Waals surface area contributed by atoms with Crippen LogP contribution >= 0.6 is 0 Å². The lowest BCUT2D eigenvalue weighted by Gasteiger charge is -2.34. The second-order valence-corrected chi connectivity index (χ2v) is 4.67. The molecule has 2 rings (SSSR count). The van der Waals surface area contributed by atoms with Crippen molar-refractivity contribution in [2.75, 3.05) is 26.2 Å². The minimum Gasteiger partial charge on any atom is -0.545 e. The van der Waals surface area contributed by atoms with Gasteiger partial charge in [0.15, 0.2) is 0 Å². The fourth-order valence-electron chi connectivity index (χ4n) is 2.19. The fourth-order valence-corrected chi connectivity index (χ4v) is 2.19. The number of carbonyl (C=O) groups is 3. The topological polar surface area (TPSA) is 80.8 Å². The summed E-state index contributed by atoms with van der Waals surface area (Å²) < 4.78 is 0. The van der Waals surface area contributed by atoms with Gasteiger partial charge in [-0.1, -0.05) is 12.1 Å². The smallest absolute Gasteiger partial charge is 0.253 e. The lowest BCUT2D eigenvalue weighted by molar-refractivity contribution is -0.255. The van der Waals surface area contributed by atoms with Crippen LogP contribution in [0.4, 0.5) is 0 Å². The molecular weight excluding hydrogens is 260 g/mol. The number of rotatable bonds is 2. The van der Waals surface area contributed by atoms with E-state index in [1.807, 2.05) is 0 Å². The first-order valence-electron chi connectivity index (χ1n) is 6.35. The maximum Gasteiger partial charge on any atom is 0.253 e. The van der Waals surface area contributed by atoms with Crippen molar-refractivity contribution in [3.8, 4) is 0 Å². The number of hydrogen-bond donors (Lipinski definition) is 0. The van der Waals surface area contributed by atoms with Crippen LogP contribution in [0.25, 0.3) is 0 Å². The molecule has 1 aromatic carbocycles. The van der Waals surface area contributed by atoms with Gasteiger partial charge in [0.25, 0.3) is 5.91 Å². The molecule has 1 aliphatic heterocycles. The second-order valence-electron chi connectivity index (χ2n) is 4.67. The van der Waals surface area contributed by atoms with E-state index in [4.69, 9.17) is 0 Å². The molecule has 0 atom stereocenters. The Hall–Kier alpha value is -2.37. The highest BCUT2D eigenvalue weighted by Crippen LogP contribution is 2.11. The third-order valence-electron chi connectivity index (χ3n) is 3.36. The third kappa shape index (κ3) is 2.96. The van der Waals surface area contributed by atoms with Gasteiger partial charge in [-0.05, 0) is 17.7 Å². The number of amides is 2. The molecule has 20 heavy (non-hydrogen) atoms. The van der Waals surface area contributed by atoms with E-state index < -0.39 is 5.97 Å². The van der Waals surface area contributed by atoms with Crippen LogP contribution < -0.4 is 5.11 Å². The number of aromatic carboxylic acids is 1. The molecule has 2 amide bonds. The molecule has 106 valence electrons. The van der Waals surface area contributed by atoms with E-state index >= 15 is 0 Å². The van der Waals surface area contributed by atoms with Crippen molar-refractivity contribution in [3.05, 3.63) is 35.4 Å². The molecule has 0 bridgehead atoms. The van der Waals surface area contributed by atoms with Crippen LogP contribution in [0.1, 0.15) is 27.6 Å². The molecule has 0 radical (unpaired) electrons. The van der Waals surface area contributed by atoms with Gasteiger partial charge >= 0.3 is 0 Å². The van der Waals surface area contributed by atoms with Gasteiger partial charge < -0.3 is 19.7 Å². The van der Waals surface area contributed by atoms with Gasteiger partial charge in [0.1, 0.15) is 0 Å². The standard InChI is InChI=1S/C14H16N2O4/c1-10(17)15-5-7-16(8-6-15)13(18)11-3-2-4-12(9-11)14(19)20/h2-4,9H,5-8H2,1H3,(H,19,20)/p-1. The zero-order valence-corrected chi connectivity index (χ0v) is 11.2. The average molecular weight is 275 g/mol. The monoisotopic (exact) mass is 275 g/mol. The Morgan fingerprint density at radius 3 is 2.10 bits per heavy atom. The van der Waals surface area contributed by atoms with E-state index in [1.165, 1.54) is 25.1 Å². The maximum atomic E-state index is 12.3. The fraction of sp³-hybridized carbons (Fsp3) is 0.357. The lowest BCUT2D eigenvalue weighted by Crippen LogP contribution is -2.50. The Morgan fingerprint density at radius 2 is 1.55 bits per heavy atom. The highest BCUT2D eigenvalue weighted by Gasteiger charge is 2.23. The van der Waals surface area contributed by atoms with E-state index in [-0.39, 0.29) is 17.4 Å². The van der Waals surface area contributed by atoms with Gasteiger partial charge in [0.2, 0.25) is 5.91 Å². The summed E-state index contributed by atoms with van der Waals surface area (Å²) in [6.07, 6.45) is 0. The lowest BCUT2D eigenvalue weighted by atomic mass is 10.1. The Balaban J connectivity index is 2.07. The number of piperazine rings is 1. The number of carbonyl (C=O) groups excluding carboxylic acids is 3. The zero-order chi connectivity index (χ0) is 14.7. The zero-order valence-electron chi connectivity index (χ0n) is 11.2. The first-order chi connectivity index (χ1) is 9.49. The molecule has 0 unspecified atom stereocenters. The maximum absolute atomic E-state index is 12.3. The number of nitrogens with zero attached hydrogens (tertiary/aromatic N) is 2. The van der Waals surface area contributed by atoms with E-state index in [0.29, 0.717) is 31.7 Å². The summed E-state index contributed by atoms with van der Waals surface area (Å²) in [4.78, 5) is 37.6. The molecule has 1 fully saturated rings. The van der Waals surface area contributed by atoms with Crippen molar-refractivity contribution in [2.24, 2.45) is 0 Å². The molecule has 1 heterocycles. The van der Waals surface area contributed by atoms with Gasteiger partial charge in [-0.15, -0.1) is 0 Å². The molecule has 1 saturated heterocycles. The molecule has 1 aromatic rings. The Bertz CT molecular complexity index is 548. The summed E-state index contributed by atoms with van der Waals surface area (Å²) in [7, 11) is 0. The SMILES string of the molecule is CC(=O)N1CCN(C(=O)c2cccc(C(=O)[O-])c2)CC1. The van der Waals surface area contributed by atoms with Gasteiger partial charge in [0.05, 0.1) is 5.97 Å². The van der Waals surface area contributed by atoms with Crippen molar-refractivity contribution >= 4 is 17.8 Å². The van der Waals surface area contributed by atoms with Gasteiger partial charge in [-0.2, -0.15) is 0 Å². The van der Waals surface area contributed by atoms with Crippen molar-refractivity contribution in [3.63, 3.8) is 0 Å². The second kappa shape index (κ2) is 5.73. The van der Waals surface area contributed by atoms with Crippen LogP contribution in [-0.2, 0) is 4.79 Å². The summed E-state index contributed by atoms with van der Waals surface area (Å²) in [5.74, 6) is -1.53. The highest BCUT2D eigenvalue weighted by molar-refractivity contribution is 5.97. The highest BCUT2D eigenvalue weighted by atomic mass is 16.4. The van der Waals surface area contributed by atoms with Crippen LogP contribution in [0.15, 0.2) is 24.3 Å². The number of carboxylic acids is 1. The predicted octanol–water partition coefficient (Wildman–Crippen LogP) is -0.646. The first kappa shape index (κ1) is 14.0. The summed E-state index contributed by atoms with van der Waals surface area (Å²) in [6, 6.07) is 5.80. The third-order valence-corrected chi connectivity index (χ3v) is 3.36. The van der Waals surface area contributed by atoms with E-state index in [2.05, 4.69) is 0 Å². The van der Waals surface area contributed by atoms with E-state index in [0.717, 1.165) is 0 Å². The van der Waals surface area contributed by atoms with Crippen molar-refractivity contribution in [2.45, 2.75) is 6.92 Å². The summed E-state index contributed by atoms with van der Waals surface area (Å²) in [6.45, 7) is 3.41. The molecule has 0 aliphatic carbocycles. The van der Waals surface area contributed by atoms with Gasteiger partial charge in [-0.25, -0.2) is 0 Å². The van der Waals surface area contributed by atoms with Crippen molar-refractivity contribution in [1.29, 1.82) is 0 Å². The largest absolute Gasteiger partial charge is 0.545 e. The van der Waals surface area contributed by atoms with Crippen molar-refractivity contribution in [1.82, 2.24) is 9.80 Å². The minimum atomic E-state index is -1.30. The number of benzene rings is 1. The van der Waals surface area contributed by atoms with Crippen LogP contribution in [0.2, 0.25) is 0 Å². The molecule has 6 heteroatoms.